The fourth-order valence-electron chi connectivity index (χ4n) is 1.08. The SMILES string of the molecule is COC1(CN)CCCO1. The Labute approximate surface area is 55.1 Å². The average molecular weight is 131 g/mol. The van der Waals surface area contributed by atoms with Crippen LogP contribution >= 0.6 is 0 Å². The summed E-state index contributed by atoms with van der Waals surface area (Å²) in [7, 11) is 1.64. The molecule has 2 N–H and O–H groups in total. The van der Waals surface area contributed by atoms with Crippen molar-refractivity contribution >= 4 is 0 Å². The first kappa shape index (κ1) is 6.99. The quantitative estimate of drug-likeness (QED) is 0.578. The second-order valence-electron chi connectivity index (χ2n) is 2.27. The maximum atomic E-state index is 5.43. The van der Waals surface area contributed by atoms with Gasteiger partial charge < -0.3 is 15.2 Å². The van der Waals surface area contributed by atoms with Crippen LogP contribution in [0, 0.1) is 0 Å². The molecule has 1 atom stereocenters. The fourth-order valence-corrected chi connectivity index (χ4v) is 1.08. The molecule has 0 aromatic rings. The predicted octanol–water partition coefficient (Wildman–Crippen LogP) is 0.0982. The summed E-state index contributed by atoms with van der Waals surface area (Å²) in [5.74, 6) is -0.444. The zero-order chi connectivity index (χ0) is 6.74. The van der Waals surface area contributed by atoms with E-state index < -0.39 is 5.79 Å². The molecule has 54 valence electrons. The summed E-state index contributed by atoms with van der Waals surface area (Å²) in [6, 6.07) is 0. The van der Waals surface area contributed by atoms with E-state index in [-0.39, 0.29) is 0 Å². The highest BCUT2D eigenvalue weighted by Crippen LogP contribution is 2.24. The van der Waals surface area contributed by atoms with Crippen molar-refractivity contribution in [3.63, 3.8) is 0 Å². The summed E-state index contributed by atoms with van der Waals surface area (Å²) in [5, 5.41) is 0. The lowest BCUT2D eigenvalue weighted by Crippen LogP contribution is -2.38. The molecular weight excluding hydrogens is 118 g/mol. The summed E-state index contributed by atoms with van der Waals surface area (Å²) < 4.78 is 10.4. The maximum absolute atomic E-state index is 5.43. The van der Waals surface area contributed by atoms with Crippen LogP contribution in [0.2, 0.25) is 0 Å². The van der Waals surface area contributed by atoms with E-state index >= 15 is 0 Å². The van der Waals surface area contributed by atoms with Gasteiger partial charge in [0.15, 0.2) is 5.79 Å². The molecule has 0 radical (unpaired) electrons. The second-order valence-corrected chi connectivity index (χ2v) is 2.27. The van der Waals surface area contributed by atoms with Crippen molar-refractivity contribution in [1.29, 1.82) is 0 Å². The molecule has 1 aliphatic rings. The molecule has 1 fully saturated rings. The van der Waals surface area contributed by atoms with Crippen LogP contribution in [0.25, 0.3) is 0 Å². The predicted molar refractivity (Wildman–Crippen MR) is 34.0 cm³/mol. The van der Waals surface area contributed by atoms with Gasteiger partial charge in [0.2, 0.25) is 0 Å². The van der Waals surface area contributed by atoms with Gasteiger partial charge in [-0.3, -0.25) is 0 Å². The molecule has 0 spiro atoms. The molecule has 1 rings (SSSR count). The smallest absolute Gasteiger partial charge is 0.180 e. The molecule has 1 heterocycles. The Hall–Kier alpha value is -0.120. The Kier molecular flexibility index (Phi) is 2.05. The molecule has 0 aromatic heterocycles. The zero-order valence-corrected chi connectivity index (χ0v) is 5.72. The van der Waals surface area contributed by atoms with Crippen LogP contribution in [-0.4, -0.2) is 26.0 Å². The molecule has 9 heavy (non-hydrogen) atoms. The summed E-state index contributed by atoms with van der Waals surface area (Å²) in [5.41, 5.74) is 5.43. The van der Waals surface area contributed by atoms with Gasteiger partial charge in [-0.15, -0.1) is 0 Å². The van der Waals surface area contributed by atoms with Crippen molar-refractivity contribution in [1.82, 2.24) is 0 Å². The first-order valence-electron chi connectivity index (χ1n) is 3.22. The van der Waals surface area contributed by atoms with Gasteiger partial charge >= 0.3 is 0 Å². The molecule has 3 heteroatoms. The third-order valence-electron chi connectivity index (χ3n) is 1.75. The second kappa shape index (κ2) is 2.64. The molecule has 0 aromatic carbocycles. The Morgan fingerprint density at radius 1 is 1.78 bits per heavy atom. The van der Waals surface area contributed by atoms with E-state index in [1.54, 1.807) is 7.11 Å². The van der Waals surface area contributed by atoms with Crippen LogP contribution in [0.4, 0.5) is 0 Å². The number of nitrogens with two attached hydrogens (primary N) is 1. The van der Waals surface area contributed by atoms with Crippen LogP contribution in [0.5, 0.6) is 0 Å². The molecule has 0 bridgehead atoms. The van der Waals surface area contributed by atoms with Gasteiger partial charge in [0.1, 0.15) is 0 Å². The Balaban J connectivity index is 2.45. The molecule has 3 nitrogen and oxygen atoms in total. The van der Waals surface area contributed by atoms with Crippen LogP contribution in [0.3, 0.4) is 0 Å². The topological polar surface area (TPSA) is 44.5 Å². The standard InChI is InChI=1S/C6H13NO2/c1-8-6(5-7)3-2-4-9-6/h2-5,7H2,1H3. The van der Waals surface area contributed by atoms with E-state index in [9.17, 15) is 0 Å². The van der Waals surface area contributed by atoms with E-state index in [0.717, 1.165) is 19.4 Å². The number of hydrogen-bond acceptors (Lipinski definition) is 3. The summed E-state index contributed by atoms with van der Waals surface area (Å²) >= 11 is 0. The van der Waals surface area contributed by atoms with E-state index in [0.29, 0.717) is 6.54 Å². The number of methoxy groups -OCH3 is 1. The number of hydrogen-bond donors (Lipinski definition) is 1. The van der Waals surface area contributed by atoms with Crippen molar-refractivity contribution in [2.45, 2.75) is 18.6 Å². The highest BCUT2D eigenvalue weighted by atomic mass is 16.7. The van der Waals surface area contributed by atoms with Gasteiger partial charge in [-0.25, -0.2) is 0 Å². The minimum atomic E-state index is -0.444. The van der Waals surface area contributed by atoms with Crippen LogP contribution in [-0.2, 0) is 9.47 Å². The van der Waals surface area contributed by atoms with Gasteiger partial charge in [-0.1, -0.05) is 0 Å². The summed E-state index contributed by atoms with van der Waals surface area (Å²) in [4.78, 5) is 0. The molecule has 0 saturated carbocycles. The van der Waals surface area contributed by atoms with E-state index in [1.165, 1.54) is 0 Å². The van der Waals surface area contributed by atoms with E-state index in [1.807, 2.05) is 0 Å². The van der Waals surface area contributed by atoms with Crippen molar-refractivity contribution in [3.8, 4) is 0 Å². The Morgan fingerprint density at radius 2 is 2.56 bits per heavy atom. The lowest BCUT2D eigenvalue weighted by Gasteiger charge is -2.23. The fraction of sp³-hybridized carbons (Fsp3) is 1.00. The summed E-state index contributed by atoms with van der Waals surface area (Å²) in [6.07, 6.45) is 1.99. The molecule has 0 aliphatic carbocycles. The van der Waals surface area contributed by atoms with Crippen LogP contribution in [0.1, 0.15) is 12.8 Å². The molecule has 1 unspecified atom stereocenters. The highest BCUT2D eigenvalue weighted by Gasteiger charge is 2.33. The monoisotopic (exact) mass is 131 g/mol. The van der Waals surface area contributed by atoms with Gasteiger partial charge in [-0.2, -0.15) is 0 Å². The molecule has 1 aliphatic heterocycles. The maximum Gasteiger partial charge on any atom is 0.180 e. The Morgan fingerprint density at radius 3 is 2.78 bits per heavy atom. The van der Waals surface area contributed by atoms with Gasteiger partial charge in [-0.05, 0) is 6.42 Å². The molecular formula is C6H13NO2. The first-order chi connectivity index (χ1) is 4.33. The van der Waals surface area contributed by atoms with E-state index in [2.05, 4.69) is 0 Å². The first-order valence-corrected chi connectivity index (χ1v) is 3.22. The van der Waals surface area contributed by atoms with Crippen molar-refractivity contribution in [3.05, 3.63) is 0 Å². The van der Waals surface area contributed by atoms with Crippen molar-refractivity contribution < 1.29 is 9.47 Å². The largest absolute Gasteiger partial charge is 0.352 e. The van der Waals surface area contributed by atoms with Gasteiger partial charge in [0.25, 0.3) is 0 Å². The molecule has 0 amide bonds. The van der Waals surface area contributed by atoms with Gasteiger partial charge in [0.05, 0.1) is 6.61 Å². The van der Waals surface area contributed by atoms with Crippen molar-refractivity contribution in [2.75, 3.05) is 20.3 Å². The Bertz CT molecular complexity index is 83.1. The lowest BCUT2D eigenvalue weighted by molar-refractivity contribution is -0.185. The number of rotatable bonds is 2. The lowest BCUT2D eigenvalue weighted by atomic mass is 10.2. The highest BCUT2D eigenvalue weighted by molar-refractivity contribution is 4.75. The average Bonchev–Trinajstić information content (AvgIpc) is 2.36. The normalized spacial score (nSPS) is 35.3. The third-order valence-corrected chi connectivity index (χ3v) is 1.75. The minimum absolute atomic E-state index is 0.444. The van der Waals surface area contributed by atoms with E-state index in [4.69, 9.17) is 15.2 Å². The summed E-state index contributed by atoms with van der Waals surface area (Å²) in [6.45, 7) is 1.24. The minimum Gasteiger partial charge on any atom is -0.352 e. The molecule has 1 saturated heterocycles. The van der Waals surface area contributed by atoms with Crippen LogP contribution in [0.15, 0.2) is 0 Å². The van der Waals surface area contributed by atoms with Crippen LogP contribution < -0.4 is 5.73 Å². The third kappa shape index (κ3) is 1.23. The zero-order valence-electron chi connectivity index (χ0n) is 5.72. The number of ether oxygens (including phenoxy) is 2. The van der Waals surface area contributed by atoms with Gasteiger partial charge in [0, 0.05) is 20.1 Å². The van der Waals surface area contributed by atoms with Crippen molar-refractivity contribution in [2.24, 2.45) is 5.73 Å².